The van der Waals surface area contributed by atoms with Gasteiger partial charge in [-0.25, -0.2) is 0 Å². The van der Waals surface area contributed by atoms with Gasteiger partial charge >= 0.3 is 0 Å². The molecule has 1 aliphatic rings. The zero-order valence-corrected chi connectivity index (χ0v) is 10.0. The highest BCUT2D eigenvalue weighted by molar-refractivity contribution is 7.84. The summed E-state index contributed by atoms with van der Waals surface area (Å²) in [5.74, 6) is 0.834. The highest BCUT2D eigenvalue weighted by atomic mass is 32.2. The fourth-order valence-corrected chi connectivity index (χ4v) is 2.30. The first kappa shape index (κ1) is 10.7. The van der Waals surface area contributed by atoms with Crippen LogP contribution in [0.15, 0.2) is 29.2 Å². The van der Waals surface area contributed by atoms with E-state index in [1.807, 2.05) is 24.3 Å². The molecule has 2 unspecified atom stereocenters. The Bertz CT molecular complexity index is 374. The minimum Gasteiger partial charge on any atom is -0.382 e. The lowest BCUT2D eigenvalue weighted by Crippen LogP contribution is -2.17. The lowest BCUT2D eigenvalue weighted by molar-refractivity contribution is 0.686. The molecule has 1 saturated carbocycles. The van der Waals surface area contributed by atoms with Crippen LogP contribution in [0, 0.1) is 5.92 Å². The Kier molecular flexibility index (Phi) is 3.10. The SMILES string of the molecule is CC(Nc1cccc(S(C)=O)c1)C1CC1. The summed E-state index contributed by atoms with van der Waals surface area (Å²) in [6, 6.07) is 8.41. The van der Waals surface area contributed by atoms with E-state index < -0.39 is 10.8 Å². The summed E-state index contributed by atoms with van der Waals surface area (Å²) >= 11 is 0. The van der Waals surface area contributed by atoms with Crippen LogP contribution in [0.25, 0.3) is 0 Å². The number of rotatable bonds is 4. The number of nitrogens with one attached hydrogen (secondary N) is 1. The van der Waals surface area contributed by atoms with Crippen molar-refractivity contribution in [3.05, 3.63) is 24.3 Å². The quantitative estimate of drug-likeness (QED) is 0.850. The van der Waals surface area contributed by atoms with Crippen molar-refractivity contribution in [2.45, 2.75) is 30.7 Å². The molecule has 82 valence electrons. The molecule has 0 aromatic heterocycles. The standard InChI is InChI=1S/C12H17NOS/c1-9(10-6-7-10)13-11-4-3-5-12(8-11)15(2)14/h3-5,8-10,13H,6-7H2,1-2H3. The maximum atomic E-state index is 11.3. The fraction of sp³-hybridized carbons (Fsp3) is 0.500. The molecule has 1 N–H and O–H groups in total. The molecule has 0 saturated heterocycles. The van der Waals surface area contributed by atoms with Crippen LogP contribution in [-0.4, -0.2) is 16.5 Å². The van der Waals surface area contributed by atoms with Crippen molar-refractivity contribution < 1.29 is 4.21 Å². The normalized spacial score (nSPS) is 19.6. The molecule has 1 aromatic carbocycles. The Balaban J connectivity index is 2.07. The number of anilines is 1. The van der Waals surface area contributed by atoms with Crippen molar-refractivity contribution in [3.63, 3.8) is 0 Å². The van der Waals surface area contributed by atoms with Gasteiger partial charge in [-0.05, 0) is 43.9 Å². The van der Waals surface area contributed by atoms with Crippen LogP contribution in [0.2, 0.25) is 0 Å². The van der Waals surface area contributed by atoms with E-state index in [0.717, 1.165) is 16.5 Å². The summed E-state index contributed by atoms with van der Waals surface area (Å²) in [6.45, 7) is 2.22. The molecule has 0 heterocycles. The van der Waals surface area contributed by atoms with Crippen LogP contribution in [0.5, 0.6) is 0 Å². The Morgan fingerprint density at radius 3 is 2.80 bits per heavy atom. The number of benzene rings is 1. The van der Waals surface area contributed by atoms with Crippen molar-refractivity contribution in [2.75, 3.05) is 11.6 Å². The van der Waals surface area contributed by atoms with Crippen molar-refractivity contribution in [2.24, 2.45) is 5.92 Å². The first-order valence-electron chi connectivity index (χ1n) is 5.37. The van der Waals surface area contributed by atoms with Gasteiger partial charge in [-0.2, -0.15) is 0 Å². The molecular formula is C12H17NOS. The second-order valence-corrected chi connectivity index (χ2v) is 5.63. The molecule has 0 aliphatic heterocycles. The van der Waals surface area contributed by atoms with Gasteiger partial charge in [0.1, 0.15) is 0 Å². The second-order valence-electron chi connectivity index (χ2n) is 4.25. The molecule has 1 aromatic rings. The molecule has 2 nitrogen and oxygen atoms in total. The fourth-order valence-electron chi connectivity index (χ4n) is 1.74. The minimum atomic E-state index is -0.889. The summed E-state index contributed by atoms with van der Waals surface area (Å²) < 4.78 is 11.3. The van der Waals surface area contributed by atoms with Crippen molar-refractivity contribution >= 4 is 16.5 Å². The predicted octanol–water partition coefficient (Wildman–Crippen LogP) is 2.63. The largest absolute Gasteiger partial charge is 0.382 e. The summed E-state index contributed by atoms with van der Waals surface area (Å²) in [6.07, 6.45) is 4.39. The van der Waals surface area contributed by atoms with E-state index in [2.05, 4.69) is 12.2 Å². The Hall–Kier alpha value is -0.830. The van der Waals surface area contributed by atoms with Gasteiger partial charge in [0, 0.05) is 33.7 Å². The van der Waals surface area contributed by atoms with Crippen LogP contribution in [0.4, 0.5) is 5.69 Å². The van der Waals surface area contributed by atoms with E-state index in [-0.39, 0.29) is 0 Å². The third-order valence-corrected chi connectivity index (χ3v) is 3.81. The Morgan fingerprint density at radius 1 is 1.47 bits per heavy atom. The highest BCUT2D eigenvalue weighted by Crippen LogP contribution is 2.34. The van der Waals surface area contributed by atoms with E-state index in [4.69, 9.17) is 0 Å². The summed E-state index contributed by atoms with van der Waals surface area (Å²) in [5, 5.41) is 3.46. The molecule has 3 heteroatoms. The number of hydrogen-bond donors (Lipinski definition) is 1. The molecule has 0 spiro atoms. The van der Waals surface area contributed by atoms with Crippen LogP contribution < -0.4 is 5.32 Å². The van der Waals surface area contributed by atoms with E-state index >= 15 is 0 Å². The zero-order valence-electron chi connectivity index (χ0n) is 9.19. The van der Waals surface area contributed by atoms with Gasteiger partial charge < -0.3 is 5.32 Å². The van der Waals surface area contributed by atoms with Gasteiger partial charge in [-0.15, -0.1) is 0 Å². The van der Waals surface area contributed by atoms with E-state index in [9.17, 15) is 4.21 Å². The maximum Gasteiger partial charge on any atom is 0.0498 e. The Labute approximate surface area is 93.5 Å². The molecule has 2 rings (SSSR count). The highest BCUT2D eigenvalue weighted by Gasteiger charge is 2.27. The monoisotopic (exact) mass is 223 g/mol. The van der Waals surface area contributed by atoms with Crippen molar-refractivity contribution in [1.29, 1.82) is 0 Å². The average Bonchev–Trinajstić information content (AvgIpc) is 3.01. The van der Waals surface area contributed by atoms with Gasteiger partial charge in [0.15, 0.2) is 0 Å². The zero-order chi connectivity index (χ0) is 10.8. The van der Waals surface area contributed by atoms with Crippen LogP contribution >= 0.6 is 0 Å². The Morgan fingerprint density at radius 2 is 2.20 bits per heavy atom. The third-order valence-electron chi connectivity index (χ3n) is 2.89. The molecule has 1 fully saturated rings. The molecule has 0 amide bonds. The van der Waals surface area contributed by atoms with Crippen molar-refractivity contribution in [3.8, 4) is 0 Å². The van der Waals surface area contributed by atoms with Crippen molar-refractivity contribution in [1.82, 2.24) is 0 Å². The molecule has 0 bridgehead atoms. The van der Waals surface area contributed by atoms with E-state index in [1.54, 1.807) is 6.26 Å². The minimum absolute atomic E-state index is 0.533. The van der Waals surface area contributed by atoms with Gasteiger partial charge in [0.25, 0.3) is 0 Å². The lowest BCUT2D eigenvalue weighted by Gasteiger charge is -2.14. The van der Waals surface area contributed by atoms with Gasteiger partial charge in [-0.1, -0.05) is 6.07 Å². The smallest absolute Gasteiger partial charge is 0.0498 e. The molecule has 0 radical (unpaired) electrons. The summed E-state index contributed by atoms with van der Waals surface area (Å²) in [7, 11) is -0.889. The third kappa shape index (κ3) is 2.81. The van der Waals surface area contributed by atoms with Crippen LogP contribution in [0.1, 0.15) is 19.8 Å². The van der Waals surface area contributed by atoms with Gasteiger partial charge in [0.05, 0.1) is 0 Å². The molecule has 1 aliphatic carbocycles. The second kappa shape index (κ2) is 4.35. The van der Waals surface area contributed by atoms with Gasteiger partial charge in [-0.3, -0.25) is 4.21 Å². The average molecular weight is 223 g/mol. The van der Waals surface area contributed by atoms with Gasteiger partial charge in [0.2, 0.25) is 0 Å². The van der Waals surface area contributed by atoms with E-state index in [1.165, 1.54) is 12.8 Å². The molecule has 15 heavy (non-hydrogen) atoms. The first-order valence-corrected chi connectivity index (χ1v) is 6.92. The predicted molar refractivity (Wildman–Crippen MR) is 64.6 cm³/mol. The summed E-state index contributed by atoms with van der Waals surface area (Å²) in [4.78, 5) is 0.892. The molecular weight excluding hydrogens is 206 g/mol. The van der Waals surface area contributed by atoms with Crippen LogP contribution in [-0.2, 0) is 10.8 Å². The topological polar surface area (TPSA) is 29.1 Å². The number of hydrogen-bond acceptors (Lipinski definition) is 2. The maximum absolute atomic E-state index is 11.3. The summed E-state index contributed by atoms with van der Waals surface area (Å²) in [5.41, 5.74) is 1.09. The first-order chi connectivity index (χ1) is 7.16. The molecule has 2 atom stereocenters. The van der Waals surface area contributed by atoms with Crippen LogP contribution in [0.3, 0.4) is 0 Å². The van der Waals surface area contributed by atoms with E-state index in [0.29, 0.717) is 6.04 Å². The lowest BCUT2D eigenvalue weighted by atomic mass is 10.2.